The molecule has 11 heavy (non-hydrogen) atoms. The lowest BCUT2D eigenvalue weighted by Crippen LogP contribution is -2.09. The number of Topliss-reactive ketones (excluding diaryl/α,β-unsaturated/α-hetero) is 1. The molecule has 60 valence electrons. The van der Waals surface area contributed by atoms with Gasteiger partial charge in [-0.05, 0) is 6.92 Å². The van der Waals surface area contributed by atoms with Gasteiger partial charge in [0.1, 0.15) is 5.78 Å². The van der Waals surface area contributed by atoms with E-state index in [1.807, 2.05) is 6.92 Å². The van der Waals surface area contributed by atoms with E-state index in [2.05, 4.69) is 15.4 Å². The summed E-state index contributed by atoms with van der Waals surface area (Å²) >= 11 is 0. The lowest BCUT2D eigenvalue weighted by Gasteiger charge is -2.02. The maximum Gasteiger partial charge on any atom is 0.133 e. The third-order valence-electron chi connectivity index (χ3n) is 1.67. The number of nitrogens with zero attached hydrogens (tertiary/aromatic N) is 2. The van der Waals surface area contributed by atoms with Gasteiger partial charge in [0.15, 0.2) is 0 Å². The molecule has 0 aromatic carbocycles. The number of aromatic nitrogens is 3. The van der Waals surface area contributed by atoms with E-state index in [1.54, 1.807) is 13.1 Å². The molecule has 0 bridgehead atoms. The van der Waals surface area contributed by atoms with Crippen LogP contribution in [0.3, 0.4) is 0 Å². The van der Waals surface area contributed by atoms with Crippen molar-refractivity contribution in [3.8, 4) is 0 Å². The average molecular weight is 153 g/mol. The number of aromatic amines is 1. The average Bonchev–Trinajstić information content (AvgIpc) is 2.39. The number of hydrogen-bond acceptors (Lipinski definition) is 3. The van der Waals surface area contributed by atoms with E-state index >= 15 is 0 Å². The molecule has 0 amide bonds. The molecule has 0 saturated carbocycles. The van der Waals surface area contributed by atoms with Gasteiger partial charge in [-0.1, -0.05) is 6.92 Å². The molecule has 4 heteroatoms. The van der Waals surface area contributed by atoms with Crippen molar-refractivity contribution in [3.05, 3.63) is 11.9 Å². The fourth-order valence-electron chi connectivity index (χ4n) is 0.781. The molecule has 1 rings (SSSR count). The lowest BCUT2D eigenvalue weighted by atomic mass is 10.0. The summed E-state index contributed by atoms with van der Waals surface area (Å²) in [4.78, 5) is 10.8. The minimum absolute atomic E-state index is 0.0418. The third kappa shape index (κ3) is 2.14. The van der Waals surface area contributed by atoms with Crippen LogP contribution in [0.1, 0.15) is 19.5 Å². The summed E-state index contributed by atoms with van der Waals surface area (Å²) in [5.74, 6) is 0.230. The van der Waals surface area contributed by atoms with Crippen LogP contribution in [0.4, 0.5) is 0 Å². The van der Waals surface area contributed by atoms with Gasteiger partial charge in [0.05, 0.1) is 11.9 Å². The fourth-order valence-corrected chi connectivity index (χ4v) is 0.781. The Kier molecular flexibility index (Phi) is 2.36. The van der Waals surface area contributed by atoms with Crippen molar-refractivity contribution in [2.24, 2.45) is 5.92 Å². The molecule has 0 saturated heterocycles. The number of ketones is 1. The predicted molar refractivity (Wildman–Crippen MR) is 39.9 cm³/mol. The van der Waals surface area contributed by atoms with Gasteiger partial charge >= 0.3 is 0 Å². The van der Waals surface area contributed by atoms with E-state index in [4.69, 9.17) is 0 Å². The normalized spacial score (nSPS) is 12.9. The molecular weight excluding hydrogens is 142 g/mol. The largest absolute Gasteiger partial charge is 0.300 e. The van der Waals surface area contributed by atoms with E-state index < -0.39 is 0 Å². The van der Waals surface area contributed by atoms with Crippen molar-refractivity contribution in [1.29, 1.82) is 0 Å². The molecule has 1 unspecified atom stereocenters. The smallest absolute Gasteiger partial charge is 0.133 e. The van der Waals surface area contributed by atoms with Gasteiger partial charge in [0.2, 0.25) is 0 Å². The van der Waals surface area contributed by atoms with Crippen molar-refractivity contribution in [2.45, 2.75) is 20.3 Å². The Labute approximate surface area is 65.0 Å². The summed E-state index contributed by atoms with van der Waals surface area (Å²) in [7, 11) is 0. The number of H-pyrrole nitrogens is 1. The van der Waals surface area contributed by atoms with Crippen LogP contribution in [0.5, 0.6) is 0 Å². The van der Waals surface area contributed by atoms with Crippen LogP contribution in [0.15, 0.2) is 6.20 Å². The Morgan fingerprint density at radius 2 is 2.55 bits per heavy atom. The molecule has 0 aliphatic carbocycles. The summed E-state index contributed by atoms with van der Waals surface area (Å²) in [5.41, 5.74) is 0.840. The van der Waals surface area contributed by atoms with Crippen LogP contribution in [0, 0.1) is 5.92 Å². The Bertz CT molecular complexity index is 230. The highest BCUT2D eigenvalue weighted by Crippen LogP contribution is 2.04. The molecule has 0 aliphatic heterocycles. The number of carbonyl (C=O) groups is 1. The topological polar surface area (TPSA) is 58.6 Å². The first-order valence-electron chi connectivity index (χ1n) is 3.55. The number of nitrogens with one attached hydrogen (secondary N) is 1. The minimum atomic E-state index is 0.0418. The molecule has 0 aliphatic rings. The number of rotatable bonds is 3. The molecule has 1 atom stereocenters. The van der Waals surface area contributed by atoms with E-state index in [1.165, 1.54) is 0 Å². The Morgan fingerprint density at radius 1 is 1.82 bits per heavy atom. The van der Waals surface area contributed by atoms with Crippen molar-refractivity contribution >= 4 is 5.78 Å². The molecule has 1 aromatic rings. The Morgan fingerprint density at radius 3 is 3.00 bits per heavy atom. The van der Waals surface area contributed by atoms with Crippen LogP contribution >= 0.6 is 0 Å². The first-order valence-corrected chi connectivity index (χ1v) is 3.55. The van der Waals surface area contributed by atoms with Gasteiger partial charge in [-0.3, -0.25) is 4.79 Å². The molecule has 4 nitrogen and oxygen atoms in total. The molecule has 0 fully saturated rings. The summed E-state index contributed by atoms with van der Waals surface area (Å²) in [6.07, 6.45) is 2.31. The van der Waals surface area contributed by atoms with Crippen molar-refractivity contribution < 1.29 is 4.79 Å². The second-order valence-corrected chi connectivity index (χ2v) is 2.68. The van der Waals surface area contributed by atoms with Gasteiger partial charge in [0, 0.05) is 12.3 Å². The lowest BCUT2D eigenvalue weighted by molar-refractivity contribution is -0.120. The van der Waals surface area contributed by atoms with E-state index in [-0.39, 0.29) is 11.7 Å². The summed E-state index contributed by atoms with van der Waals surface area (Å²) < 4.78 is 0. The van der Waals surface area contributed by atoms with Gasteiger partial charge in [-0.25, -0.2) is 0 Å². The Balaban J connectivity index is 2.50. The predicted octanol–water partition coefficient (Wildman–Crippen LogP) is 0.572. The van der Waals surface area contributed by atoms with Crippen LogP contribution in [0.25, 0.3) is 0 Å². The SMILES string of the molecule is CC(=O)C(C)Cc1cn[nH]n1. The molecule has 1 N–H and O–H groups in total. The summed E-state index contributed by atoms with van der Waals surface area (Å²) in [5, 5.41) is 10.0. The molecule has 1 aromatic heterocycles. The zero-order valence-electron chi connectivity index (χ0n) is 6.66. The second kappa shape index (κ2) is 3.27. The zero-order valence-corrected chi connectivity index (χ0v) is 6.66. The van der Waals surface area contributed by atoms with Gasteiger partial charge < -0.3 is 0 Å². The standard InChI is InChI=1S/C7H11N3O/c1-5(6(2)11)3-7-4-8-10-9-7/h4-5H,3H2,1-2H3,(H,8,9,10). The van der Waals surface area contributed by atoms with Crippen LogP contribution in [0.2, 0.25) is 0 Å². The zero-order chi connectivity index (χ0) is 8.27. The summed E-state index contributed by atoms with van der Waals surface area (Å²) in [6, 6.07) is 0. The highest BCUT2D eigenvalue weighted by molar-refractivity contribution is 5.78. The molecular formula is C7H11N3O. The maximum atomic E-state index is 10.8. The van der Waals surface area contributed by atoms with Crippen molar-refractivity contribution in [2.75, 3.05) is 0 Å². The van der Waals surface area contributed by atoms with Gasteiger partial charge in [-0.15, -0.1) is 0 Å². The monoisotopic (exact) mass is 153 g/mol. The second-order valence-electron chi connectivity index (χ2n) is 2.68. The number of carbonyl (C=O) groups excluding carboxylic acids is 1. The van der Waals surface area contributed by atoms with E-state index in [0.29, 0.717) is 6.42 Å². The number of hydrogen-bond donors (Lipinski definition) is 1. The van der Waals surface area contributed by atoms with Gasteiger partial charge in [-0.2, -0.15) is 15.4 Å². The highest BCUT2D eigenvalue weighted by Gasteiger charge is 2.09. The summed E-state index contributed by atoms with van der Waals surface area (Å²) in [6.45, 7) is 3.47. The van der Waals surface area contributed by atoms with Crippen LogP contribution < -0.4 is 0 Å². The molecule has 1 heterocycles. The molecule has 0 radical (unpaired) electrons. The van der Waals surface area contributed by atoms with Crippen LogP contribution in [-0.2, 0) is 11.2 Å². The Hall–Kier alpha value is -1.19. The van der Waals surface area contributed by atoms with Gasteiger partial charge in [0.25, 0.3) is 0 Å². The van der Waals surface area contributed by atoms with Crippen LogP contribution in [-0.4, -0.2) is 21.2 Å². The third-order valence-corrected chi connectivity index (χ3v) is 1.67. The first-order chi connectivity index (χ1) is 5.20. The van der Waals surface area contributed by atoms with Crippen molar-refractivity contribution in [1.82, 2.24) is 15.4 Å². The van der Waals surface area contributed by atoms with E-state index in [0.717, 1.165) is 5.69 Å². The quantitative estimate of drug-likeness (QED) is 0.690. The van der Waals surface area contributed by atoms with Crippen molar-refractivity contribution in [3.63, 3.8) is 0 Å². The maximum absolute atomic E-state index is 10.8. The molecule has 0 spiro atoms. The minimum Gasteiger partial charge on any atom is -0.300 e. The first kappa shape index (κ1) is 7.91. The highest BCUT2D eigenvalue weighted by atomic mass is 16.1. The fraction of sp³-hybridized carbons (Fsp3) is 0.571. The van der Waals surface area contributed by atoms with E-state index in [9.17, 15) is 4.79 Å².